The number of hydrazine groups is 1. The minimum Gasteiger partial charge on any atom is -0.463 e. The van der Waals surface area contributed by atoms with E-state index in [1.165, 1.54) is 0 Å². The number of nitrogens with zero attached hydrogens (tertiary/aromatic N) is 4. The molecule has 21 heavy (non-hydrogen) atoms. The summed E-state index contributed by atoms with van der Waals surface area (Å²) >= 11 is 0. The van der Waals surface area contributed by atoms with Gasteiger partial charge in [-0.05, 0) is 25.0 Å². The van der Waals surface area contributed by atoms with Crippen LogP contribution < -0.4 is 21.3 Å². The maximum Gasteiger partial charge on any atom is 0.323 e. The van der Waals surface area contributed by atoms with Gasteiger partial charge in [0.1, 0.15) is 0 Å². The SMILES string of the molecule is CCCOc1nc(NN)nc(NCc2ncccc2C)n1. The van der Waals surface area contributed by atoms with Gasteiger partial charge >= 0.3 is 6.01 Å². The summed E-state index contributed by atoms with van der Waals surface area (Å²) in [6.45, 7) is 5.05. The summed E-state index contributed by atoms with van der Waals surface area (Å²) in [6.07, 6.45) is 2.62. The number of nitrogens with two attached hydrogens (primary N) is 1. The number of pyridine rings is 1. The molecule has 0 amide bonds. The molecular weight excluding hydrogens is 270 g/mol. The van der Waals surface area contributed by atoms with Gasteiger partial charge in [0.05, 0.1) is 18.8 Å². The Bertz CT molecular complexity index is 590. The lowest BCUT2D eigenvalue weighted by Crippen LogP contribution is -2.15. The highest BCUT2D eigenvalue weighted by molar-refractivity contribution is 5.35. The van der Waals surface area contributed by atoms with Crippen molar-refractivity contribution < 1.29 is 4.74 Å². The quantitative estimate of drug-likeness (QED) is 0.516. The standard InChI is InChI=1S/C13H19N7O/c1-3-7-21-13-18-11(17-12(19-13)20-14)16-8-10-9(2)5-4-6-15-10/h4-6H,3,7-8,14H2,1-2H3,(H2,16,17,18,19,20). The van der Waals surface area contributed by atoms with Crippen LogP contribution in [-0.4, -0.2) is 26.5 Å². The van der Waals surface area contributed by atoms with Crippen molar-refractivity contribution in [2.24, 2.45) is 5.84 Å². The molecule has 2 aromatic heterocycles. The normalized spacial score (nSPS) is 10.2. The molecule has 0 radical (unpaired) electrons. The van der Waals surface area contributed by atoms with Gasteiger partial charge in [-0.3, -0.25) is 10.4 Å². The van der Waals surface area contributed by atoms with Gasteiger partial charge in [-0.25, -0.2) is 5.84 Å². The molecule has 8 nitrogen and oxygen atoms in total. The van der Waals surface area contributed by atoms with Crippen LogP contribution in [0.15, 0.2) is 18.3 Å². The average molecular weight is 289 g/mol. The number of hydrogen-bond donors (Lipinski definition) is 3. The average Bonchev–Trinajstić information content (AvgIpc) is 2.52. The Morgan fingerprint density at radius 3 is 2.76 bits per heavy atom. The van der Waals surface area contributed by atoms with Crippen molar-refractivity contribution in [2.75, 3.05) is 17.3 Å². The summed E-state index contributed by atoms with van der Waals surface area (Å²) in [5.74, 6) is 5.98. The molecule has 2 aromatic rings. The zero-order valence-corrected chi connectivity index (χ0v) is 12.1. The van der Waals surface area contributed by atoms with Crippen LogP contribution in [-0.2, 0) is 6.54 Å². The Morgan fingerprint density at radius 1 is 1.24 bits per heavy atom. The van der Waals surface area contributed by atoms with E-state index >= 15 is 0 Å². The molecule has 0 aliphatic heterocycles. The number of aromatic nitrogens is 4. The summed E-state index contributed by atoms with van der Waals surface area (Å²) in [4.78, 5) is 16.6. The van der Waals surface area contributed by atoms with E-state index in [0.717, 1.165) is 17.7 Å². The van der Waals surface area contributed by atoms with E-state index in [0.29, 0.717) is 19.1 Å². The molecule has 2 rings (SSSR count). The molecule has 0 aromatic carbocycles. The Balaban J connectivity index is 2.09. The van der Waals surface area contributed by atoms with Crippen molar-refractivity contribution in [3.63, 3.8) is 0 Å². The summed E-state index contributed by atoms with van der Waals surface area (Å²) in [7, 11) is 0. The van der Waals surface area contributed by atoms with Gasteiger partial charge in [0.15, 0.2) is 0 Å². The van der Waals surface area contributed by atoms with E-state index in [2.05, 4.69) is 30.7 Å². The van der Waals surface area contributed by atoms with Crippen LogP contribution in [0, 0.1) is 6.92 Å². The lowest BCUT2D eigenvalue weighted by atomic mass is 10.2. The largest absolute Gasteiger partial charge is 0.463 e. The van der Waals surface area contributed by atoms with Gasteiger partial charge in [0.25, 0.3) is 0 Å². The number of nitrogen functional groups attached to an aromatic ring is 1. The highest BCUT2D eigenvalue weighted by Crippen LogP contribution is 2.12. The van der Waals surface area contributed by atoms with Crippen LogP contribution >= 0.6 is 0 Å². The van der Waals surface area contributed by atoms with Crippen LogP contribution in [0.5, 0.6) is 6.01 Å². The molecule has 2 heterocycles. The summed E-state index contributed by atoms with van der Waals surface area (Å²) < 4.78 is 5.40. The van der Waals surface area contributed by atoms with E-state index in [1.807, 2.05) is 26.0 Å². The fourth-order valence-electron chi connectivity index (χ4n) is 1.62. The third-order valence-corrected chi connectivity index (χ3v) is 2.71. The molecule has 0 fully saturated rings. The number of hydrogen-bond acceptors (Lipinski definition) is 8. The zero-order chi connectivity index (χ0) is 15.1. The van der Waals surface area contributed by atoms with Gasteiger partial charge in [-0.15, -0.1) is 0 Å². The van der Waals surface area contributed by atoms with Crippen LogP contribution in [0.3, 0.4) is 0 Å². The Kier molecular flexibility index (Phi) is 5.22. The van der Waals surface area contributed by atoms with Crippen LogP contribution in [0.4, 0.5) is 11.9 Å². The molecule has 0 spiro atoms. The van der Waals surface area contributed by atoms with E-state index in [-0.39, 0.29) is 12.0 Å². The minimum atomic E-state index is 0.236. The lowest BCUT2D eigenvalue weighted by molar-refractivity contribution is 0.292. The topological polar surface area (TPSA) is 111 Å². The number of aryl methyl sites for hydroxylation is 1. The second-order valence-electron chi connectivity index (χ2n) is 4.38. The lowest BCUT2D eigenvalue weighted by Gasteiger charge is -2.09. The Labute approximate surface area is 123 Å². The van der Waals surface area contributed by atoms with Crippen molar-refractivity contribution in [3.8, 4) is 6.01 Å². The van der Waals surface area contributed by atoms with Gasteiger partial charge in [0, 0.05) is 6.20 Å². The van der Waals surface area contributed by atoms with Crippen molar-refractivity contribution in [3.05, 3.63) is 29.6 Å². The number of nitrogens with one attached hydrogen (secondary N) is 2. The molecule has 8 heteroatoms. The van der Waals surface area contributed by atoms with Gasteiger partial charge in [-0.1, -0.05) is 13.0 Å². The first-order chi connectivity index (χ1) is 10.2. The van der Waals surface area contributed by atoms with Gasteiger partial charge < -0.3 is 10.1 Å². The fraction of sp³-hybridized carbons (Fsp3) is 0.385. The number of ether oxygens (including phenoxy) is 1. The van der Waals surface area contributed by atoms with Crippen LogP contribution in [0.25, 0.3) is 0 Å². The molecule has 4 N–H and O–H groups in total. The summed E-state index contributed by atoms with van der Waals surface area (Å²) in [5, 5.41) is 3.09. The van der Waals surface area contributed by atoms with Crippen LogP contribution in [0.2, 0.25) is 0 Å². The molecule has 0 aliphatic rings. The third kappa shape index (κ3) is 4.25. The van der Waals surface area contributed by atoms with E-state index in [9.17, 15) is 0 Å². The fourth-order valence-corrected chi connectivity index (χ4v) is 1.62. The van der Waals surface area contributed by atoms with Gasteiger partial charge in [-0.2, -0.15) is 15.0 Å². The number of anilines is 2. The first kappa shape index (κ1) is 14.9. The smallest absolute Gasteiger partial charge is 0.323 e. The van der Waals surface area contributed by atoms with E-state index in [4.69, 9.17) is 10.6 Å². The Morgan fingerprint density at radius 2 is 2.05 bits per heavy atom. The monoisotopic (exact) mass is 289 g/mol. The summed E-state index contributed by atoms with van der Waals surface area (Å²) in [6, 6.07) is 4.13. The maximum absolute atomic E-state index is 5.40. The second kappa shape index (κ2) is 7.34. The molecule has 0 bridgehead atoms. The molecule has 0 saturated carbocycles. The number of rotatable bonds is 7. The zero-order valence-electron chi connectivity index (χ0n) is 12.1. The van der Waals surface area contributed by atoms with Crippen molar-refractivity contribution in [1.82, 2.24) is 19.9 Å². The molecule has 0 unspecified atom stereocenters. The predicted molar refractivity (Wildman–Crippen MR) is 79.7 cm³/mol. The highest BCUT2D eigenvalue weighted by atomic mass is 16.5. The van der Waals surface area contributed by atoms with E-state index in [1.54, 1.807) is 6.20 Å². The Hall–Kier alpha value is -2.48. The predicted octanol–water partition coefficient (Wildman–Crippen LogP) is 1.26. The first-order valence-corrected chi connectivity index (χ1v) is 6.72. The third-order valence-electron chi connectivity index (χ3n) is 2.71. The van der Waals surface area contributed by atoms with Crippen molar-refractivity contribution >= 4 is 11.9 Å². The molecular formula is C13H19N7O. The van der Waals surface area contributed by atoms with E-state index < -0.39 is 0 Å². The molecule has 0 atom stereocenters. The molecule has 112 valence electrons. The molecule has 0 aliphatic carbocycles. The highest BCUT2D eigenvalue weighted by Gasteiger charge is 2.07. The summed E-state index contributed by atoms with van der Waals surface area (Å²) in [5.41, 5.74) is 4.42. The van der Waals surface area contributed by atoms with Crippen molar-refractivity contribution in [1.29, 1.82) is 0 Å². The maximum atomic E-state index is 5.40. The molecule has 0 saturated heterocycles. The minimum absolute atomic E-state index is 0.236. The second-order valence-corrected chi connectivity index (χ2v) is 4.38. The van der Waals surface area contributed by atoms with Gasteiger partial charge in [0.2, 0.25) is 11.9 Å². The first-order valence-electron chi connectivity index (χ1n) is 6.72. The van der Waals surface area contributed by atoms with Crippen molar-refractivity contribution in [2.45, 2.75) is 26.8 Å². The van der Waals surface area contributed by atoms with Crippen LogP contribution in [0.1, 0.15) is 24.6 Å².